The molecule has 0 saturated carbocycles. The lowest BCUT2D eigenvalue weighted by Gasteiger charge is -2.10. The van der Waals surface area contributed by atoms with Gasteiger partial charge in [-0.2, -0.15) is 0 Å². The molecule has 6 nitrogen and oxygen atoms in total. The zero-order chi connectivity index (χ0) is 14.4. The number of nitrogens with zero attached hydrogens (tertiary/aromatic N) is 1. The minimum atomic E-state index is -1.00. The Morgan fingerprint density at radius 1 is 1.55 bits per heavy atom. The van der Waals surface area contributed by atoms with E-state index in [9.17, 15) is 9.59 Å². The van der Waals surface area contributed by atoms with Crippen molar-refractivity contribution >= 4 is 23.6 Å². The number of carboxylic acids is 1. The second kappa shape index (κ2) is 7.25. The van der Waals surface area contributed by atoms with Gasteiger partial charge in [0.05, 0.1) is 22.4 Å². The van der Waals surface area contributed by atoms with Crippen molar-refractivity contribution in [1.29, 1.82) is 0 Å². The molecule has 7 heteroatoms. The van der Waals surface area contributed by atoms with Gasteiger partial charge in [-0.05, 0) is 25.0 Å². The predicted octanol–water partition coefficient (Wildman–Crippen LogP) is 1.17. The lowest BCUT2D eigenvalue weighted by molar-refractivity contribution is -0.119. The Balaban J connectivity index is 1.75. The highest BCUT2D eigenvalue weighted by molar-refractivity contribution is 7.99. The van der Waals surface area contributed by atoms with Gasteiger partial charge in [0.15, 0.2) is 0 Å². The molecule has 2 rings (SSSR count). The van der Waals surface area contributed by atoms with Crippen LogP contribution in [0.4, 0.5) is 0 Å². The van der Waals surface area contributed by atoms with Crippen molar-refractivity contribution in [1.82, 2.24) is 10.3 Å². The van der Waals surface area contributed by atoms with Crippen LogP contribution >= 0.6 is 11.8 Å². The minimum Gasteiger partial charge on any atom is -0.478 e. The number of aromatic carboxylic acids is 1. The van der Waals surface area contributed by atoms with E-state index in [1.54, 1.807) is 0 Å². The van der Waals surface area contributed by atoms with Gasteiger partial charge in [-0.15, -0.1) is 0 Å². The number of rotatable bonds is 6. The van der Waals surface area contributed by atoms with Gasteiger partial charge < -0.3 is 15.2 Å². The van der Waals surface area contributed by atoms with Crippen LogP contribution in [0.5, 0.6) is 0 Å². The van der Waals surface area contributed by atoms with Crippen LogP contribution in [0, 0.1) is 0 Å². The molecule has 0 aliphatic carbocycles. The summed E-state index contributed by atoms with van der Waals surface area (Å²) in [6, 6.07) is 2.88. The third-order valence-corrected chi connectivity index (χ3v) is 3.81. The standard InChI is InChI=1S/C13H16N2O4S/c16-11(15-7-10-2-1-5-19-10)8-20-12-6-9(13(17)18)3-4-14-12/h3-4,6,10H,1-2,5,7-8H2,(H,15,16)(H,17,18). The quantitative estimate of drug-likeness (QED) is 0.766. The fourth-order valence-electron chi connectivity index (χ4n) is 1.84. The number of nitrogens with one attached hydrogen (secondary N) is 1. The van der Waals surface area contributed by atoms with Gasteiger partial charge in [-0.3, -0.25) is 4.79 Å². The van der Waals surface area contributed by atoms with Gasteiger partial charge in [0.1, 0.15) is 0 Å². The maximum absolute atomic E-state index is 11.7. The summed E-state index contributed by atoms with van der Waals surface area (Å²) in [5, 5.41) is 12.2. The average Bonchev–Trinajstić information content (AvgIpc) is 2.96. The summed E-state index contributed by atoms with van der Waals surface area (Å²) in [5.41, 5.74) is 0.169. The smallest absolute Gasteiger partial charge is 0.335 e. The van der Waals surface area contributed by atoms with E-state index in [1.165, 1.54) is 30.1 Å². The number of amides is 1. The van der Waals surface area contributed by atoms with Crippen LogP contribution in [0.3, 0.4) is 0 Å². The molecule has 1 unspecified atom stereocenters. The Morgan fingerprint density at radius 2 is 2.40 bits per heavy atom. The summed E-state index contributed by atoms with van der Waals surface area (Å²) in [5.74, 6) is -0.895. The number of aromatic nitrogens is 1. The monoisotopic (exact) mass is 296 g/mol. The minimum absolute atomic E-state index is 0.104. The molecule has 1 aromatic heterocycles. The molecule has 1 amide bonds. The van der Waals surface area contributed by atoms with Crippen LogP contribution in [0.1, 0.15) is 23.2 Å². The van der Waals surface area contributed by atoms with Gasteiger partial charge in [-0.1, -0.05) is 11.8 Å². The zero-order valence-corrected chi connectivity index (χ0v) is 11.7. The van der Waals surface area contributed by atoms with Crippen LogP contribution in [0.25, 0.3) is 0 Å². The Labute approximate surface area is 120 Å². The molecule has 2 N–H and O–H groups in total. The Kier molecular flexibility index (Phi) is 5.37. The number of pyridine rings is 1. The maximum Gasteiger partial charge on any atom is 0.335 e. The fourth-order valence-corrected chi connectivity index (χ4v) is 2.57. The Morgan fingerprint density at radius 3 is 3.10 bits per heavy atom. The number of carbonyl (C=O) groups excluding carboxylic acids is 1. The maximum atomic E-state index is 11.7. The van der Waals surface area contributed by atoms with E-state index in [4.69, 9.17) is 9.84 Å². The van der Waals surface area contributed by atoms with E-state index in [0.29, 0.717) is 11.6 Å². The largest absolute Gasteiger partial charge is 0.478 e. The summed E-state index contributed by atoms with van der Waals surface area (Å²) in [4.78, 5) is 26.5. The molecule has 1 aliphatic rings. The summed E-state index contributed by atoms with van der Waals surface area (Å²) >= 11 is 1.22. The molecule has 2 heterocycles. The SMILES string of the molecule is O=C(CSc1cc(C(=O)O)ccn1)NCC1CCCO1. The zero-order valence-electron chi connectivity index (χ0n) is 10.9. The average molecular weight is 296 g/mol. The van der Waals surface area contributed by atoms with Crippen LogP contribution in [-0.4, -0.2) is 47.0 Å². The molecule has 1 aliphatic heterocycles. The topological polar surface area (TPSA) is 88.5 Å². The van der Waals surface area contributed by atoms with Crippen LogP contribution < -0.4 is 5.32 Å². The van der Waals surface area contributed by atoms with Gasteiger partial charge in [0.2, 0.25) is 5.91 Å². The molecule has 0 aromatic carbocycles. The fraction of sp³-hybridized carbons (Fsp3) is 0.462. The van der Waals surface area contributed by atoms with E-state index >= 15 is 0 Å². The molecular formula is C13H16N2O4S. The number of carboxylic acid groups (broad SMARTS) is 1. The van der Waals surface area contributed by atoms with Gasteiger partial charge in [0.25, 0.3) is 0 Å². The third-order valence-electron chi connectivity index (χ3n) is 2.88. The second-order valence-corrected chi connectivity index (χ2v) is 5.41. The molecular weight excluding hydrogens is 280 g/mol. The summed E-state index contributed by atoms with van der Waals surface area (Å²) in [6.45, 7) is 1.29. The number of thioether (sulfide) groups is 1. The van der Waals surface area contributed by atoms with Crippen molar-refractivity contribution < 1.29 is 19.4 Å². The Hall–Kier alpha value is -1.60. The lowest BCUT2D eigenvalue weighted by Crippen LogP contribution is -2.32. The van der Waals surface area contributed by atoms with E-state index in [1.807, 2.05) is 0 Å². The number of carbonyl (C=O) groups is 2. The predicted molar refractivity (Wildman–Crippen MR) is 73.9 cm³/mol. The first kappa shape index (κ1) is 14.8. The van der Waals surface area contributed by atoms with Crippen molar-refractivity contribution in [2.45, 2.75) is 24.0 Å². The van der Waals surface area contributed by atoms with Crippen LogP contribution in [0.2, 0.25) is 0 Å². The second-order valence-electron chi connectivity index (χ2n) is 4.42. The first-order valence-electron chi connectivity index (χ1n) is 6.35. The summed E-state index contributed by atoms with van der Waals surface area (Å²) in [7, 11) is 0. The number of ether oxygens (including phenoxy) is 1. The summed E-state index contributed by atoms with van der Waals surface area (Å²) < 4.78 is 5.41. The van der Waals surface area contributed by atoms with Crippen LogP contribution in [0.15, 0.2) is 23.4 Å². The van der Waals surface area contributed by atoms with Crippen molar-refractivity contribution in [3.05, 3.63) is 23.9 Å². The highest BCUT2D eigenvalue weighted by atomic mass is 32.2. The number of hydrogen-bond acceptors (Lipinski definition) is 5. The Bertz CT molecular complexity index is 489. The highest BCUT2D eigenvalue weighted by Gasteiger charge is 2.16. The molecule has 20 heavy (non-hydrogen) atoms. The molecule has 0 radical (unpaired) electrons. The lowest BCUT2D eigenvalue weighted by atomic mass is 10.2. The van der Waals surface area contributed by atoms with E-state index in [0.717, 1.165) is 19.4 Å². The van der Waals surface area contributed by atoms with Crippen molar-refractivity contribution in [3.63, 3.8) is 0 Å². The first-order chi connectivity index (χ1) is 9.65. The molecule has 1 atom stereocenters. The van der Waals surface area contributed by atoms with Gasteiger partial charge in [0, 0.05) is 19.3 Å². The highest BCUT2D eigenvalue weighted by Crippen LogP contribution is 2.16. The van der Waals surface area contributed by atoms with Crippen molar-refractivity contribution in [3.8, 4) is 0 Å². The van der Waals surface area contributed by atoms with Crippen molar-refractivity contribution in [2.75, 3.05) is 18.9 Å². The number of hydrogen-bond donors (Lipinski definition) is 2. The summed E-state index contributed by atoms with van der Waals surface area (Å²) in [6.07, 6.45) is 3.57. The molecule has 1 fully saturated rings. The van der Waals surface area contributed by atoms with Crippen LogP contribution in [-0.2, 0) is 9.53 Å². The van der Waals surface area contributed by atoms with E-state index < -0.39 is 5.97 Å². The van der Waals surface area contributed by atoms with Gasteiger partial charge in [-0.25, -0.2) is 9.78 Å². The third kappa shape index (κ3) is 4.50. The molecule has 0 spiro atoms. The molecule has 1 aromatic rings. The molecule has 1 saturated heterocycles. The first-order valence-corrected chi connectivity index (χ1v) is 7.34. The molecule has 0 bridgehead atoms. The van der Waals surface area contributed by atoms with Crippen molar-refractivity contribution in [2.24, 2.45) is 0 Å². The van der Waals surface area contributed by atoms with Gasteiger partial charge >= 0.3 is 5.97 Å². The molecule has 108 valence electrons. The van der Waals surface area contributed by atoms with E-state index in [2.05, 4.69) is 10.3 Å². The van der Waals surface area contributed by atoms with E-state index in [-0.39, 0.29) is 23.3 Å². The normalized spacial score (nSPS) is 17.9.